The van der Waals surface area contributed by atoms with Crippen molar-refractivity contribution < 1.29 is 9.59 Å². The van der Waals surface area contributed by atoms with Crippen LogP contribution in [0.15, 0.2) is 47.5 Å². The van der Waals surface area contributed by atoms with E-state index in [9.17, 15) is 9.59 Å². The van der Waals surface area contributed by atoms with Crippen LogP contribution in [0.4, 0.5) is 0 Å². The summed E-state index contributed by atoms with van der Waals surface area (Å²) in [5.41, 5.74) is 1.52. The van der Waals surface area contributed by atoms with Crippen molar-refractivity contribution in [2.45, 2.75) is 31.6 Å². The molecule has 2 N–H and O–H groups in total. The molecular weight excluding hydrogens is 503 g/mol. The SMILES string of the molecule is CCNC(=NCC1(c2ccccc2)CC1)NCCN1C(=O)C2C3C=CC(C3)C2C1=O.I. The molecule has 1 aliphatic heterocycles. The maximum absolute atomic E-state index is 12.8. The number of likely N-dealkylation sites (tertiary alicyclic amines) is 1. The van der Waals surface area contributed by atoms with Gasteiger partial charge in [0.25, 0.3) is 0 Å². The van der Waals surface area contributed by atoms with Gasteiger partial charge in [-0.15, -0.1) is 24.0 Å². The summed E-state index contributed by atoms with van der Waals surface area (Å²) in [5.74, 6) is 1.09. The van der Waals surface area contributed by atoms with Crippen molar-refractivity contribution in [1.82, 2.24) is 15.5 Å². The summed E-state index contributed by atoms with van der Waals surface area (Å²) in [7, 11) is 0. The van der Waals surface area contributed by atoms with E-state index >= 15 is 0 Å². The van der Waals surface area contributed by atoms with E-state index in [0.717, 1.165) is 38.3 Å². The average molecular weight is 534 g/mol. The van der Waals surface area contributed by atoms with Gasteiger partial charge in [0.1, 0.15) is 0 Å². The molecule has 4 atom stereocenters. The molecule has 4 unspecified atom stereocenters. The third-order valence-electron chi connectivity index (χ3n) is 7.31. The molecule has 1 aromatic rings. The van der Waals surface area contributed by atoms with Crippen LogP contribution in [0.3, 0.4) is 0 Å². The zero-order valence-electron chi connectivity index (χ0n) is 17.9. The van der Waals surface area contributed by atoms with Crippen LogP contribution in [-0.4, -0.2) is 48.9 Å². The molecular formula is C24H31IN4O2. The van der Waals surface area contributed by atoms with Gasteiger partial charge in [0.05, 0.1) is 18.4 Å². The van der Waals surface area contributed by atoms with Gasteiger partial charge in [-0.1, -0.05) is 42.5 Å². The van der Waals surface area contributed by atoms with Gasteiger partial charge in [0, 0.05) is 25.0 Å². The molecule has 5 rings (SSSR count). The first-order chi connectivity index (χ1) is 14.6. The molecule has 6 nitrogen and oxygen atoms in total. The lowest BCUT2D eigenvalue weighted by Gasteiger charge is -2.19. The van der Waals surface area contributed by atoms with Crippen LogP contribution in [0.25, 0.3) is 0 Å². The number of aliphatic imine (C=N–C) groups is 1. The second kappa shape index (κ2) is 8.92. The number of nitrogens with one attached hydrogen (secondary N) is 2. The lowest BCUT2D eigenvalue weighted by molar-refractivity contribution is -0.140. The monoisotopic (exact) mass is 534 g/mol. The highest BCUT2D eigenvalue weighted by Crippen LogP contribution is 2.52. The Morgan fingerprint density at radius 1 is 1.06 bits per heavy atom. The molecule has 2 bridgehead atoms. The Balaban J connectivity index is 0.00000231. The number of guanidine groups is 1. The number of amides is 2. The van der Waals surface area contributed by atoms with Crippen LogP contribution in [0.2, 0.25) is 0 Å². The third kappa shape index (κ3) is 4.01. The summed E-state index contributed by atoms with van der Waals surface area (Å²) in [6, 6.07) is 10.6. The second-order valence-electron chi connectivity index (χ2n) is 9.10. The summed E-state index contributed by atoms with van der Waals surface area (Å²) < 4.78 is 0. The number of rotatable bonds is 7. The van der Waals surface area contributed by atoms with E-state index in [1.165, 1.54) is 10.5 Å². The van der Waals surface area contributed by atoms with Crippen LogP contribution in [0, 0.1) is 23.7 Å². The molecule has 0 aromatic heterocycles. The van der Waals surface area contributed by atoms with E-state index in [1.54, 1.807) is 0 Å². The molecule has 3 fully saturated rings. The van der Waals surface area contributed by atoms with Gasteiger partial charge in [-0.25, -0.2) is 0 Å². The lowest BCUT2D eigenvalue weighted by Crippen LogP contribution is -2.44. The molecule has 7 heteroatoms. The normalized spacial score (nSPS) is 29.7. The molecule has 2 amide bonds. The van der Waals surface area contributed by atoms with E-state index in [2.05, 4.69) is 47.1 Å². The standard InChI is InChI=1S/C24H30N4O2.HI/c1-2-25-23(27-15-24(10-11-24)18-6-4-3-5-7-18)26-12-13-28-21(29)19-16-8-9-17(14-16)20(19)22(28)30;/h3-9,16-17,19-20H,2,10-15H2,1H3,(H2,25,26,27);1H. The van der Waals surface area contributed by atoms with E-state index in [-0.39, 0.29) is 64.9 Å². The van der Waals surface area contributed by atoms with Gasteiger partial charge in [-0.2, -0.15) is 0 Å². The number of imide groups is 1. The predicted molar refractivity (Wildman–Crippen MR) is 131 cm³/mol. The number of hydrogen-bond donors (Lipinski definition) is 2. The summed E-state index contributed by atoms with van der Waals surface area (Å²) in [6.07, 6.45) is 7.56. The largest absolute Gasteiger partial charge is 0.357 e. The quantitative estimate of drug-likeness (QED) is 0.186. The van der Waals surface area contributed by atoms with Crippen molar-refractivity contribution >= 4 is 41.8 Å². The molecule has 3 aliphatic carbocycles. The molecule has 2 saturated carbocycles. The number of carbonyl (C=O) groups is 2. The van der Waals surface area contributed by atoms with Gasteiger partial charge in [-0.3, -0.25) is 19.5 Å². The Morgan fingerprint density at radius 3 is 2.29 bits per heavy atom. The minimum absolute atomic E-state index is 0. The highest BCUT2D eigenvalue weighted by Gasteiger charge is 2.58. The van der Waals surface area contributed by atoms with Gasteiger partial charge < -0.3 is 10.6 Å². The first-order valence-electron chi connectivity index (χ1n) is 11.2. The highest BCUT2D eigenvalue weighted by molar-refractivity contribution is 14.0. The van der Waals surface area contributed by atoms with E-state index in [0.29, 0.717) is 13.1 Å². The van der Waals surface area contributed by atoms with Crippen molar-refractivity contribution in [3.05, 3.63) is 48.0 Å². The number of benzene rings is 1. The molecule has 0 radical (unpaired) electrons. The Hall–Kier alpha value is -1.90. The minimum Gasteiger partial charge on any atom is -0.357 e. The molecule has 31 heavy (non-hydrogen) atoms. The Labute approximate surface area is 201 Å². The van der Waals surface area contributed by atoms with Crippen LogP contribution >= 0.6 is 24.0 Å². The summed E-state index contributed by atoms with van der Waals surface area (Å²) in [5, 5.41) is 6.61. The summed E-state index contributed by atoms with van der Waals surface area (Å²) in [6.45, 7) is 4.47. The van der Waals surface area contributed by atoms with Crippen LogP contribution in [-0.2, 0) is 15.0 Å². The number of carbonyl (C=O) groups excluding carboxylic acids is 2. The van der Waals surface area contributed by atoms with Crippen molar-refractivity contribution in [2.75, 3.05) is 26.2 Å². The second-order valence-corrected chi connectivity index (χ2v) is 9.10. The zero-order chi connectivity index (χ0) is 20.7. The molecule has 1 heterocycles. The fourth-order valence-corrected chi connectivity index (χ4v) is 5.52. The maximum atomic E-state index is 12.8. The van der Waals surface area contributed by atoms with Gasteiger partial charge >= 0.3 is 0 Å². The van der Waals surface area contributed by atoms with Gasteiger partial charge in [0.15, 0.2) is 5.96 Å². The van der Waals surface area contributed by atoms with Crippen LogP contribution in [0.1, 0.15) is 31.7 Å². The van der Waals surface area contributed by atoms with E-state index < -0.39 is 0 Å². The van der Waals surface area contributed by atoms with Crippen molar-refractivity contribution in [1.29, 1.82) is 0 Å². The lowest BCUT2D eigenvalue weighted by atomic mass is 9.85. The van der Waals surface area contributed by atoms with Crippen LogP contribution < -0.4 is 10.6 Å². The molecule has 166 valence electrons. The number of fused-ring (bicyclic) bond motifs is 5. The predicted octanol–water partition coefficient (Wildman–Crippen LogP) is 2.70. The Bertz CT molecular complexity index is 866. The van der Waals surface area contributed by atoms with Gasteiger partial charge in [0.2, 0.25) is 11.8 Å². The number of allylic oxidation sites excluding steroid dienone is 2. The minimum atomic E-state index is -0.116. The fourth-order valence-electron chi connectivity index (χ4n) is 5.52. The summed E-state index contributed by atoms with van der Waals surface area (Å²) >= 11 is 0. The fraction of sp³-hybridized carbons (Fsp3) is 0.542. The number of hydrogen-bond acceptors (Lipinski definition) is 3. The maximum Gasteiger partial charge on any atom is 0.233 e. The highest BCUT2D eigenvalue weighted by atomic mass is 127. The molecule has 0 spiro atoms. The topological polar surface area (TPSA) is 73.8 Å². The average Bonchev–Trinajstić information content (AvgIpc) is 3.15. The van der Waals surface area contributed by atoms with Crippen molar-refractivity contribution in [3.63, 3.8) is 0 Å². The summed E-state index contributed by atoms with van der Waals surface area (Å²) in [4.78, 5) is 31.9. The first kappa shape index (κ1) is 22.3. The van der Waals surface area contributed by atoms with Gasteiger partial charge in [-0.05, 0) is 43.6 Å². The smallest absolute Gasteiger partial charge is 0.233 e. The molecule has 1 aromatic carbocycles. The van der Waals surface area contributed by atoms with Crippen LogP contribution in [0.5, 0.6) is 0 Å². The molecule has 1 saturated heterocycles. The first-order valence-corrected chi connectivity index (χ1v) is 11.2. The van der Waals surface area contributed by atoms with Crippen molar-refractivity contribution in [3.8, 4) is 0 Å². The Morgan fingerprint density at radius 2 is 1.71 bits per heavy atom. The number of halogens is 1. The van der Waals surface area contributed by atoms with E-state index in [4.69, 9.17) is 4.99 Å². The van der Waals surface area contributed by atoms with E-state index in [1.807, 2.05) is 13.0 Å². The number of nitrogens with zero attached hydrogens (tertiary/aromatic N) is 2. The third-order valence-corrected chi connectivity index (χ3v) is 7.31. The zero-order valence-corrected chi connectivity index (χ0v) is 20.3. The van der Waals surface area contributed by atoms with Crippen molar-refractivity contribution in [2.24, 2.45) is 28.7 Å². The molecule has 4 aliphatic rings. The Kier molecular flexibility index (Phi) is 6.42.